The Kier molecular flexibility index (Phi) is 7.57. The Morgan fingerprint density at radius 1 is 1.13 bits per heavy atom. The number of ether oxygens (including phenoxy) is 2. The van der Waals surface area contributed by atoms with Crippen LogP contribution in [0.25, 0.3) is 0 Å². The first kappa shape index (κ1) is 22.7. The molecule has 164 valence electrons. The molecule has 2 aromatic carbocycles. The number of carbonyl (C=O) groups is 1. The third-order valence-corrected chi connectivity index (χ3v) is 5.75. The lowest BCUT2D eigenvalue weighted by Crippen LogP contribution is -2.16. The largest absolute Gasteiger partial charge is 0.497 e. The lowest BCUT2D eigenvalue weighted by atomic mass is 10.1. The van der Waals surface area contributed by atoms with Gasteiger partial charge >= 0.3 is 0 Å². The molecule has 0 radical (unpaired) electrons. The van der Waals surface area contributed by atoms with Gasteiger partial charge in [0.2, 0.25) is 5.91 Å². The molecule has 31 heavy (non-hydrogen) atoms. The molecule has 1 heterocycles. The van der Waals surface area contributed by atoms with E-state index in [0.717, 1.165) is 28.6 Å². The van der Waals surface area contributed by atoms with Gasteiger partial charge in [0.25, 0.3) is 0 Å². The third-order valence-electron chi connectivity index (χ3n) is 4.79. The molecule has 3 rings (SSSR count). The van der Waals surface area contributed by atoms with E-state index in [2.05, 4.69) is 15.5 Å². The van der Waals surface area contributed by atoms with E-state index in [9.17, 15) is 4.79 Å². The van der Waals surface area contributed by atoms with Crippen molar-refractivity contribution in [2.24, 2.45) is 0 Å². The van der Waals surface area contributed by atoms with Crippen LogP contribution in [0, 0.1) is 13.8 Å². The average Bonchev–Trinajstić information content (AvgIpc) is 3.18. The van der Waals surface area contributed by atoms with E-state index in [4.69, 9.17) is 9.47 Å². The molecule has 0 aliphatic rings. The number of hydrogen-bond acceptors (Lipinski definition) is 6. The zero-order valence-corrected chi connectivity index (χ0v) is 19.3. The van der Waals surface area contributed by atoms with Crippen LogP contribution in [-0.4, -0.2) is 33.5 Å². The molecule has 1 aromatic heterocycles. The number of nitrogens with one attached hydrogen (secondary N) is 1. The topological polar surface area (TPSA) is 78.3 Å². The van der Waals surface area contributed by atoms with Gasteiger partial charge in [-0.1, -0.05) is 29.5 Å². The Morgan fingerprint density at radius 3 is 2.48 bits per heavy atom. The number of aryl methyl sites for hydroxylation is 2. The summed E-state index contributed by atoms with van der Waals surface area (Å²) in [6.45, 7) is 8.65. The molecule has 0 aliphatic heterocycles. The van der Waals surface area contributed by atoms with Gasteiger partial charge in [0, 0.05) is 12.2 Å². The summed E-state index contributed by atoms with van der Waals surface area (Å²) in [6.07, 6.45) is -0.292. The van der Waals surface area contributed by atoms with Crippen molar-refractivity contribution in [2.45, 2.75) is 45.5 Å². The van der Waals surface area contributed by atoms with Crippen molar-refractivity contribution >= 4 is 23.4 Å². The van der Waals surface area contributed by atoms with Crippen LogP contribution in [0.15, 0.2) is 47.6 Å². The van der Waals surface area contributed by atoms with Crippen molar-refractivity contribution in [3.8, 4) is 11.5 Å². The summed E-state index contributed by atoms with van der Waals surface area (Å²) in [4.78, 5) is 12.4. The molecular weight excluding hydrogens is 412 g/mol. The maximum Gasteiger partial charge on any atom is 0.234 e. The van der Waals surface area contributed by atoms with E-state index in [1.807, 2.05) is 74.7 Å². The molecule has 0 bridgehead atoms. The van der Waals surface area contributed by atoms with Crippen LogP contribution < -0.4 is 14.8 Å². The number of carbonyl (C=O) groups excluding carboxylic acids is 1. The predicted octanol–water partition coefficient (Wildman–Crippen LogP) is 4.79. The average molecular weight is 441 g/mol. The Hall–Kier alpha value is -3.00. The second kappa shape index (κ2) is 10.3. The smallest absolute Gasteiger partial charge is 0.234 e. The van der Waals surface area contributed by atoms with Crippen molar-refractivity contribution in [2.75, 3.05) is 18.2 Å². The van der Waals surface area contributed by atoms with Gasteiger partial charge in [0.1, 0.15) is 11.5 Å². The highest BCUT2D eigenvalue weighted by atomic mass is 32.2. The van der Waals surface area contributed by atoms with E-state index in [0.29, 0.717) is 11.7 Å². The second-order valence-corrected chi connectivity index (χ2v) is 8.12. The maximum absolute atomic E-state index is 12.4. The molecule has 3 aromatic rings. The van der Waals surface area contributed by atoms with Crippen molar-refractivity contribution in [3.63, 3.8) is 0 Å². The van der Waals surface area contributed by atoms with E-state index in [1.165, 1.54) is 17.3 Å². The summed E-state index contributed by atoms with van der Waals surface area (Å²) in [5.41, 5.74) is 3.04. The summed E-state index contributed by atoms with van der Waals surface area (Å²) < 4.78 is 13.2. The molecule has 1 unspecified atom stereocenters. The summed E-state index contributed by atoms with van der Waals surface area (Å²) >= 11 is 1.36. The molecule has 0 saturated heterocycles. The number of anilines is 1. The number of rotatable bonds is 9. The van der Waals surface area contributed by atoms with Crippen LogP contribution in [0.4, 0.5) is 5.69 Å². The first-order valence-electron chi connectivity index (χ1n) is 10.1. The minimum Gasteiger partial charge on any atom is -0.497 e. The first-order valence-corrected chi connectivity index (χ1v) is 11.1. The molecule has 0 aliphatic carbocycles. The van der Waals surface area contributed by atoms with Gasteiger partial charge in [0.15, 0.2) is 17.1 Å². The lowest BCUT2D eigenvalue weighted by molar-refractivity contribution is -0.113. The highest BCUT2D eigenvalue weighted by Gasteiger charge is 2.19. The maximum atomic E-state index is 12.4. The quantitative estimate of drug-likeness (QED) is 0.482. The van der Waals surface area contributed by atoms with Gasteiger partial charge in [0.05, 0.1) is 12.9 Å². The van der Waals surface area contributed by atoms with Crippen LogP contribution in [0.1, 0.15) is 36.9 Å². The molecule has 1 atom stereocenters. The number of hydrogen-bond donors (Lipinski definition) is 1. The fourth-order valence-electron chi connectivity index (χ4n) is 3.19. The Morgan fingerprint density at radius 2 is 1.84 bits per heavy atom. The zero-order chi connectivity index (χ0) is 22.4. The molecule has 1 amide bonds. The summed E-state index contributed by atoms with van der Waals surface area (Å²) in [5.74, 6) is 2.39. The number of methoxy groups -OCH3 is 1. The molecule has 0 spiro atoms. The molecule has 0 saturated carbocycles. The van der Waals surface area contributed by atoms with Gasteiger partial charge in [-0.25, -0.2) is 0 Å². The van der Waals surface area contributed by atoms with Crippen LogP contribution >= 0.6 is 11.8 Å². The first-order chi connectivity index (χ1) is 14.9. The summed E-state index contributed by atoms with van der Waals surface area (Å²) in [5, 5.41) is 12.3. The van der Waals surface area contributed by atoms with E-state index >= 15 is 0 Å². The van der Waals surface area contributed by atoms with Crippen LogP contribution in [0.2, 0.25) is 0 Å². The van der Waals surface area contributed by atoms with Crippen molar-refractivity contribution < 1.29 is 14.3 Å². The van der Waals surface area contributed by atoms with Crippen LogP contribution in [-0.2, 0) is 11.3 Å². The fourth-order valence-corrected chi connectivity index (χ4v) is 4.00. The monoisotopic (exact) mass is 440 g/mol. The molecular formula is C23H28N4O3S. The van der Waals surface area contributed by atoms with E-state index < -0.39 is 0 Å². The van der Waals surface area contributed by atoms with Crippen LogP contribution in [0.3, 0.4) is 0 Å². The highest BCUT2D eigenvalue weighted by molar-refractivity contribution is 7.99. The van der Waals surface area contributed by atoms with Crippen molar-refractivity contribution in [3.05, 3.63) is 59.4 Å². The second-order valence-electron chi connectivity index (χ2n) is 7.18. The molecule has 0 fully saturated rings. The minimum atomic E-state index is -0.292. The number of nitrogens with zero attached hydrogens (tertiary/aromatic N) is 3. The normalized spacial score (nSPS) is 11.8. The van der Waals surface area contributed by atoms with E-state index in [1.54, 1.807) is 7.11 Å². The number of amides is 1. The van der Waals surface area contributed by atoms with Gasteiger partial charge < -0.3 is 19.4 Å². The standard InChI is InChI=1S/C23H28N4O3S/c1-6-27-22(17(4)30-19-10-8-18(29-5)9-11-19)25-26-23(27)31-14-21(28)24-20-12-7-15(2)13-16(20)3/h7-13,17H,6,14H2,1-5H3,(H,24,28). The predicted molar refractivity (Wildman–Crippen MR) is 123 cm³/mol. The Balaban J connectivity index is 1.62. The van der Waals surface area contributed by atoms with Gasteiger partial charge in [-0.05, 0) is 63.6 Å². The minimum absolute atomic E-state index is 0.0771. The zero-order valence-electron chi connectivity index (χ0n) is 18.5. The fraction of sp³-hybridized carbons (Fsp3) is 0.348. The lowest BCUT2D eigenvalue weighted by Gasteiger charge is -2.16. The number of benzene rings is 2. The number of thioether (sulfide) groups is 1. The molecule has 7 nitrogen and oxygen atoms in total. The third kappa shape index (κ3) is 5.79. The van der Waals surface area contributed by atoms with Crippen molar-refractivity contribution in [1.82, 2.24) is 14.8 Å². The Labute approximate surface area is 187 Å². The van der Waals surface area contributed by atoms with Crippen molar-refractivity contribution in [1.29, 1.82) is 0 Å². The summed E-state index contributed by atoms with van der Waals surface area (Å²) in [6, 6.07) is 13.4. The summed E-state index contributed by atoms with van der Waals surface area (Å²) in [7, 11) is 1.63. The highest BCUT2D eigenvalue weighted by Crippen LogP contribution is 2.26. The van der Waals surface area contributed by atoms with Gasteiger partial charge in [-0.15, -0.1) is 10.2 Å². The SMILES string of the molecule is CCn1c(SCC(=O)Nc2ccc(C)cc2C)nnc1C(C)Oc1ccc(OC)cc1. The Bertz CT molecular complexity index is 1030. The van der Waals surface area contributed by atoms with Gasteiger partial charge in [-0.3, -0.25) is 4.79 Å². The van der Waals surface area contributed by atoms with E-state index in [-0.39, 0.29) is 17.8 Å². The molecule has 1 N–H and O–H groups in total. The molecule has 8 heteroatoms. The van der Waals surface area contributed by atoms with Crippen LogP contribution in [0.5, 0.6) is 11.5 Å². The number of aromatic nitrogens is 3. The van der Waals surface area contributed by atoms with Gasteiger partial charge in [-0.2, -0.15) is 0 Å².